The van der Waals surface area contributed by atoms with Crippen LogP contribution in [0.3, 0.4) is 0 Å². The van der Waals surface area contributed by atoms with Crippen molar-refractivity contribution in [2.45, 2.75) is 5.75 Å². The Morgan fingerprint density at radius 1 is 1.27 bits per heavy atom. The second-order valence-corrected chi connectivity index (χ2v) is 4.78. The van der Waals surface area contributed by atoms with Gasteiger partial charge in [-0.3, -0.25) is 0 Å². The Morgan fingerprint density at radius 3 is 2.80 bits per heavy atom. The third kappa shape index (κ3) is 1.83. The molecule has 0 aliphatic rings. The van der Waals surface area contributed by atoms with Gasteiger partial charge in [0.1, 0.15) is 11.5 Å². The molecule has 0 N–H and O–H groups in total. The zero-order chi connectivity index (χ0) is 10.7. The van der Waals surface area contributed by atoms with Crippen LogP contribution >= 0.6 is 23.1 Å². The predicted octanol–water partition coefficient (Wildman–Crippen LogP) is 3.49. The Morgan fingerprint density at radius 2 is 2.07 bits per heavy atom. The summed E-state index contributed by atoms with van der Waals surface area (Å²) in [4.78, 5) is 0.991. The van der Waals surface area contributed by atoms with Crippen LogP contribution in [0.2, 0.25) is 0 Å². The van der Waals surface area contributed by atoms with Crippen LogP contribution in [-0.4, -0.2) is 0 Å². The zero-order valence-corrected chi connectivity index (χ0v) is 9.36. The summed E-state index contributed by atoms with van der Waals surface area (Å²) in [6, 6.07) is 10.1. The average molecular weight is 230 g/mol. The van der Waals surface area contributed by atoms with Gasteiger partial charge in [0.15, 0.2) is 0 Å². The average Bonchev–Trinajstić information content (AvgIpc) is 2.63. The Kier molecular flexibility index (Phi) is 2.91. The van der Waals surface area contributed by atoms with E-state index in [2.05, 4.69) is 6.07 Å². The summed E-state index contributed by atoms with van der Waals surface area (Å²) in [6.07, 6.45) is 0. The molecule has 1 aromatic heterocycles. The Balaban J connectivity index is 2.56. The zero-order valence-electron chi connectivity index (χ0n) is 7.73. The monoisotopic (exact) mass is 230 g/mol. The summed E-state index contributed by atoms with van der Waals surface area (Å²) < 4.78 is 1.11. The van der Waals surface area contributed by atoms with Gasteiger partial charge in [0.2, 0.25) is 0 Å². The van der Waals surface area contributed by atoms with Gasteiger partial charge in [-0.1, -0.05) is 18.2 Å². The minimum Gasteiger partial charge on any atom is -0.192 e. The summed E-state index contributed by atoms with van der Waals surface area (Å²) in [6.45, 7) is 0. The fourth-order valence-electron chi connectivity index (χ4n) is 1.42. The van der Waals surface area contributed by atoms with E-state index in [0.717, 1.165) is 20.5 Å². The summed E-state index contributed by atoms with van der Waals surface area (Å²) in [5.74, 6) is 0.596. The standard InChI is InChI=1S/C11H6N2S2/c12-5-9-8-3-1-2-4-10(8)15-11(9)6-14-7-13/h1-4H,6H2. The number of nitriles is 2. The molecule has 72 valence electrons. The van der Waals surface area contributed by atoms with Crippen LogP contribution in [0.15, 0.2) is 24.3 Å². The highest BCUT2D eigenvalue weighted by atomic mass is 32.2. The first kappa shape index (κ1) is 10.0. The second kappa shape index (κ2) is 4.35. The van der Waals surface area contributed by atoms with E-state index in [4.69, 9.17) is 10.5 Å². The molecule has 0 saturated heterocycles. The first-order valence-electron chi connectivity index (χ1n) is 4.28. The molecule has 0 atom stereocenters. The molecule has 0 unspecified atom stereocenters. The maximum atomic E-state index is 9.07. The largest absolute Gasteiger partial charge is 0.192 e. The lowest BCUT2D eigenvalue weighted by Gasteiger charge is -1.90. The van der Waals surface area contributed by atoms with E-state index >= 15 is 0 Å². The summed E-state index contributed by atoms with van der Waals surface area (Å²) in [5, 5.41) is 20.6. The topological polar surface area (TPSA) is 47.6 Å². The third-order valence-electron chi connectivity index (χ3n) is 2.05. The van der Waals surface area contributed by atoms with Crippen molar-refractivity contribution >= 4 is 33.2 Å². The van der Waals surface area contributed by atoms with Gasteiger partial charge < -0.3 is 0 Å². The molecule has 0 bridgehead atoms. The summed E-state index contributed by atoms with van der Waals surface area (Å²) in [7, 11) is 0. The molecule has 15 heavy (non-hydrogen) atoms. The number of hydrogen-bond donors (Lipinski definition) is 0. The third-order valence-corrected chi connectivity index (χ3v) is 3.96. The van der Waals surface area contributed by atoms with Gasteiger partial charge >= 0.3 is 0 Å². The van der Waals surface area contributed by atoms with Crippen molar-refractivity contribution < 1.29 is 0 Å². The fraction of sp³-hybridized carbons (Fsp3) is 0.0909. The van der Waals surface area contributed by atoms with Crippen molar-refractivity contribution in [1.82, 2.24) is 0 Å². The second-order valence-electron chi connectivity index (χ2n) is 2.89. The molecule has 1 aromatic carbocycles. The lowest BCUT2D eigenvalue weighted by molar-refractivity contribution is 1.46. The van der Waals surface area contributed by atoms with Gasteiger partial charge in [0.05, 0.1) is 5.56 Å². The lowest BCUT2D eigenvalue weighted by atomic mass is 10.1. The van der Waals surface area contributed by atoms with Gasteiger partial charge in [-0.05, 0) is 17.8 Å². The van der Waals surface area contributed by atoms with Gasteiger partial charge in [0.25, 0.3) is 0 Å². The van der Waals surface area contributed by atoms with Crippen molar-refractivity contribution in [2.75, 3.05) is 0 Å². The van der Waals surface area contributed by atoms with Crippen LogP contribution < -0.4 is 0 Å². The number of fused-ring (bicyclic) bond motifs is 1. The van der Waals surface area contributed by atoms with Crippen LogP contribution in [0, 0.1) is 22.0 Å². The minimum absolute atomic E-state index is 0.596. The van der Waals surface area contributed by atoms with E-state index in [1.54, 1.807) is 11.3 Å². The fourth-order valence-corrected chi connectivity index (χ4v) is 3.12. The Labute approximate surface area is 95.8 Å². The molecular weight excluding hydrogens is 224 g/mol. The molecule has 0 saturated carbocycles. The van der Waals surface area contributed by atoms with Gasteiger partial charge in [-0.25, -0.2) is 0 Å². The number of thiocyanates is 1. The molecule has 0 fully saturated rings. The van der Waals surface area contributed by atoms with Crippen molar-refractivity contribution in [2.24, 2.45) is 0 Å². The van der Waals surface area contributed by atoms with Gasteiger partial charge in [-0.2, -0.15) is 10.5 Å². The first-order valence-corrected chi connectivity index (χ1v) is 6.08. The lowest BCUT2D eigenvalue weighted by Crippen LogP contribution is -1.78. The number of thiophene rings is 1. The molecule has 2 rings (SSSR count). The Hall–Kier alpha value is -1.49. The molecule has 0 amide bonds. The predicted molar refractivity (Wildman–Crippen MR) is 63.4 cm³/mol. The van der Waals surface area contributed by atoms with Crippen molar-refractivity contribution in [3.05, 3.63) is 34.7 Å². The van der Waals surface area contributed by atoms with Crippen LogP contribution in [0.25, 0.3) is 10.1 Å². The van der Waals surface area contributed by atoms with E-state index in [-0.39, 0.29) is 0 Å². The highest BCUT2D eigenvalue weighted by molar-refractivity contribution is 8.03. The normalized spacial score (nSPS) is 9.73. The van der Waals surface area contributed by atoms with Crippen molar-refractivity contribution in [1.29, 1.82) is 10.5 Å². The quantitative estimate of drug-likeness (QED) is 0.742. The summed E-state index contributed by atoms with van der Waals surface area (Å²) in [5.41, 5.74) is 0.721. The van der Waals surface area contributed by atoms with Crippen LogP contribution in [-0.2, 0) is 5.75 Å². The maximum Gasteiger partial charge on any atom is 0.133 e. The molecular formula is C11H6N2S2. The maximum absolute atomic E-state index is 9.07. The molecule has 2 nitrogen and oxygen atoms in total. The van der Waals surface area contributed by atoms with Crippen molar-refractivity contribution in [3.63, 3.8) is 0 Å². The number of hydrogen-bond acceptors (Lipinski definition) is 4. The molecule has 2 aromatic rings. The number of thioether (sulfide) groups is 1. The molecule has 0 aliphatic heterocycles. The highest BCUT2D eigenvalue weighted by Gasteiger charge is 2.10. The molecule has 1 heterocycles. The van der Waals surface area contributed by atoms with Crippen molar-refractivity contribution in [3.8, 4) is 11.5 Å². The van der Waals surface area contributed by atoms with Gasteiger partial charge in [0, 0.05) is 20.7 Å². The van der Waals surface area contributed by atoms with E-state index in [1.807, 2.05) is 29.7 Å². The number of rotatable bonds is 2. The van der Waals surface area contributed by atoms with Crippen LogP contribution in [0.1, 0.15) is 10.4 Å². The molecule has 0 radical (unpaired) electrons. The molecule has 0 aliphatic carbocycles. The molecule has 4 heteroatoms. The first-order chi connectivity index (χ1) is 7.36. The Bertz CT molecular complexity index is 572. The van der Waals surface area contributed by atoms with E-state index < -0.39 is 0 Å². The van der Waals surface area contributed by atoms with E-state index in [1.165, 1.54) is 11.8 Å². The molecule has 0 spiro atoms. The van der Waals surface area contributed by atoms with Gasteiger partial charge in [-0.15, -0.1) is 11.3 Å². The highest BCUT2D eigenvalue weighted by Crippen LogP contribution is 2.32. The van der Waals surface area contributed by atoms with Crippen LogP contribution in [0.5, 0.6) is 0 Å². The van der Waals surface area contributed by atoms with Crippen LogP contribution in [0.4, 0.5) is 0 Å². The van der Waals surface area contributed by atoms with E-state index in [9.17, 15) is 0 Å². The number of nitrogens with zero attached hydrogens (tertiary/aromatic N) is 2. The van der Waals surface area contributed by atoms with E-state index in [0.29, 0.717) is 5.75 Å². The number of benzene rings is 1. The SMILES string of the molecule is N#CSCc1sc2ccccc2c1C#N. The smallest absolute Gasteiger partial charge is 0.133 e. The summed E-state index contributed by atoms with van der Waals surface area (Å²) >= 11 is 2.76. The minimum atomic E-state index is 0.596.